The van der Waals surface area contributed by atoms with E-state index in [9.17, 15) is 9.59 Å². The van der Waals surface area contributed by atoms with Crippen LogP contribution in [-0.4, -0.2) is 23.7 Å². The molecular weight excluding hydrogens is 296 g/mol. The van der Waals surface area contributed by atoms with Crippen LogP contribution >= 0.6 is 0 Å². The molecule has 5 nitrogen and oxygen atoms in total. The summed E-state index contributed by atoms with van der Waals surface area (Å²) in [6.07, 6.45) is -0.0183. The number of carboxylic acid groups (broad SMARTS) is 1. The Hall–Kier alpha value is -2.82. The van der Waals surface area contributed by atoms with Crippen LogP contribution in [0.25, 0.3) is 0 Å². The summed E-state index contributed by atoms with van der Waals surface area (Å²) >= 11 is 0. The van der Waals surface area contributed by atoms with Gasteiger partial charge in [-0.15, -0.1) is 0 Å². The van der Waals surface area contributed by atoms with Gasteiger partial charge in [0, 0.05) is 11.5 Å². The Morgan fingerprint density at radius 3 is 2.70 bits per heavy atom. The van der Waals surface area contributed by atoms with Gasteiger partial charge in [-0.05, 0) is 23.8 Å². The number of benzene rings is 2. The van der Waals surface area contributed by atoms with Crippen molar-refractivity contribution in [2.24, 2.45) is 0 Å². The van der Waals surface area contributed by atoms with Crippen LogP contribution in [0.1, 0.15) is 33.8 Å². The van der Waals surface area contributed by atoms with Crippen molar-refractivity contribution in [1.82, 2.24) is 0 Å². The molecule has 5 heteroatoms. The van der Waals surface area contributed by atoms with E-state index in [0.717, 1.165) is 11.1 Å². The number of hydrogen-bond donors (Lipinski definition) is 1. The van der Waals surface area contributed by atoms with E-state index in [1.54, 1.807) is 18.2 Å². The largest absolute Gasteiger partial charge is 0.493 e. The van der Waals surface area contributed by atoms with Crippen molar-refractivity contribution in [2.75, 3.05) is 6.61 Å². The van der Waals surface area contributed by atoms with Gasteiger partial charge >= 0.3 is 11.9 Å². The number of carbonyl (C=O) groups excluding carboxylic acids is 1. The third-order valence-electron chi connectivity index (χ3n) is 3.76. The Kier molecular flexibility index (Phi) is 4.28. The molecular formula is C18H16O5. The first-order chi connectivity index (χ1) is 11.1. The lowest BCUT2D eigenvalue weighted by atomic mass is 9.96. The number of rotatable bonds is 5. The van der Waals surface area contributed by atoms with Gasteiger partial charge in [-0.2, -0.15) is 0 Å². The molecule has 3 rings (SSSR count). The zero-order valence-corrected chi connectivity index (χ0v) is 12.4. The van der Waals surface area contributed by atoms with Crippen LogP contribution in [0, 0.1) is 0 Å². The second-order valence-corrected chi connectivity index (χ2v) is 5.42. The normalized spacial score (nSPS) is 15.6. The monoisotopic (exact) mass is 312 g/mol. The van der Waals surface area contributed by atoms with Crippen molar-refractivity contribution in [3.05, 3.63) is 65.2 Å². The van der Waals surface area contributed by atoms with Crippen LogP contribution in [0.2, 0.25) is 0 Å². The molecule has 1 N–H and O–H groups in total. The topological polar surface area (TPSA) is 72.8 Å². The van der Waals surface area contributed by atoms with Gasteiger partial charge in [-0.25, -0.2) is 4.79 Å². The van der Waals surface area contributed by atoms with Gasteiger partial charge in [0.2, 0.25) is 0 Å². The van der Waals surface area contributed by atoms with Crippen molar-refractivity contribution in [3.63, 3.8) is 0 Å². The first-order valence-electron chi connectivity index (χ1n) is 7.33. The highest BCUT2D eigenvalue weighted by Gasteiger charge is 2.27. The highest BCUT2D eigenvalue weighted by atomic mass is 16.5. The molecule has 1 aliphatic rings. The number of carboxylic acids is 1. The van der Waals surface area contributed by atoms with E-state index >= 15 is 0 Å². The summed E-state index contributed by atoms with van der Waals surface area (Å²) in [4.78, 5) is 23.1. The average Bonchev–Trinajstić information content (AvgIpc) is 2.95. The molecule has 0 amide bonds. The third-order valence-corrected chi connectivity index (χ3v) is 3.76. The molecule has 1 heterocycles. The van der Waals surface area contributed by atoms with Gasteiger partial charge in [-0.3, -0.25) is 4.79 Å². The summed E-state index contributed by atoms with van der Waals surface area (Å²) in [5.41, 5.74) is 2.07. The van der Waals surface area contributed by atoms with Gasteiger partial charge in [0.05, 0.1) is 18.6 Å². The minimum atomic E-state index is -0.886. The number of ether oxygens (including phenoxy) is 2. The molecule has 0 aromatic heterocycles. The van der Waals surface area contributed by atoms with E-state index < -0.39 is 11.9 Å². The van der Waals surface area contributed by atoms with E-state index in [1.165, 1.54) is 0 Å². The smallest absolute Gasteiger partial charge is 0.338 e. The molecule has 1 atom stereocenters. The van der Waals surface area contributed by atoms with E-state index in [4.69, 9.17) is 14.6 Å². The molecule has 0 spiro atoms. The molecule has 2 aromatic rings. The van der Waals surface area contributed by atoms with Crippen LogP contribution in [0.5, 0.6) is 5.75 Å². The van der Waals surface area contributed by atoms with Crippen molar-refractivity contribution >= 4 is 11.9 Å². The number of fused-ring (bicyclic) bond motifs is 1. The van der Waals surface area contributed by atoms with Crippen molar-refractivity contribution in [1.29, 1.82) is 0 Å². The summed E-state index contributed by atoms with van der Waals surface area (Å²) < 4.78 is 10.8. The summed E-state index contributed by atoms with van der Waals surface area (Å²) in [5.74, 6) is -0.915. The number of carbonyl (C=O) groups is 2. The average molecular weight is 312 g/mol. The van der Waals surface area contributed by atoms with Crippen LogP contribution in [0.15, 0.2) is 48.5 Å². The summed E-state index contributed by atoms with van der Waals surface area (Å²) in [7, 11) is 0. The Morgan fingerprint density at radius 2 is 1.96 bits per heavy atom. The van der Waals surface area contributed by atoms with Gasteiger partial charge in [0.1, 0.15) is 12.4 Å². The fourth-order valence-electron chi connectivity index (χ4n) is 2.59. The summed E-state index contributed by atoms with van der Waals surface area (Å²) in [6.45, 7) is 0.524. The molecule has 0 saturated heterocycles. The summed E-state index contributed by atoms with van der Waals surface area (Å²) in [5, 5.41) is 8.94. The standard InChI is InChI=1S/C18H16O5/c19-17(20)9-14-11-22-16-7-6-13(8-15(14)16)18(21)23-10-12-4-2-1-3-5-12/h1-8,14H,9-11H2,(H,19,20). The molecule has 0 radical (unpaired) electrons. The fraction of sp³-hybridized carbons (Fsp3) is 0.222. The number of esters is 1. The van der Waals surface area contributed by atoms with Crippen molar-refractivity contribution in [2.45, 2.75) is 18.9 Å². The van der Waals surface area contributed by atoms with Gasteiger partial charge in [-0.1, -0.05) is 30.3 Å². The molecule has 118 valence electrons. The van der Waals surface area contributed by atoms with Crippen LogP contribution in [0.3, 0.4) is 0 Å². The quantitative estimate of drug-likeness (QED) is 0.859. The number of aliphatic carboxylic acids is 1. The maximum atomic E-state index is 12.2. The lowest BCUT2D eigenvalue weighted by Gasteiger charge is -2.08. The van der Waals surface area contributed by atoms with Gasteiger partial charge in [0.25, 0.3) is 0 Å². The lowest BCUT2D eigenvalue weighted by Crippen LogP contribution is -2.09. The molecule has 0 aliphatic carbocycles. The molecule has 23 heavy (non-hydrogen) atoms. The molecule has 1 unspecified atom stereocenters. The van der Waals surface area contributed by atoms with Crippen molar-refractivity contribution < 1.29 is 24.2 Å². The maximum Gasteiger partial charge on any atom is 0.338 e. The lowest BCUT2D eigenvalue weighted by molar-refractivity contribution is -0.137. The summed E-state index contributed by atoms with van der Waals surface area (Å²) in [6, 6.07) is 14.4. The van der Waals surface area contributed by atoms with E-state index in [2.05, 4.69) is 0 Å². The zero-order valence-electron chi connectivity index (χ0n) is 12.4. The Morgan fingerprint density at radius 1 is 1.17 bits per heavy atom. The van der Waals surface area contributed by atoms with E-state index in [1.807, 2.05) is 30.3 Å². The molecule has 2 aromatic carbocycles. The molecule has 0 fully saturated rings. The predicted octanol–water partition coefficient (Wildman–Crippen LogP) is 2.99. The van der Waals surface area contributed by atoms with E-state index in [0.29, 0.717) is 17.9 Å². The van der Waals surface area contributed by atoms with Crippen LogP contribution in [-0.2, 0) is 16.1 Å². The molecule has 1 aliphatic heterocycles. The SMILES string of the molecule is O=C(O)CC1COc2ccc(C(=O)OCc3ccccc3)cc21. The first kappa shape index (κ1) is 15.1. The highest BCUT2D eigenvalue weighted by Crippen LogP contribution is 2.36. The minimum Gasteiger partial charge on any atom is -0.493 e. The van der Waals surface area contributed by atoms with Crippen LogP contribution < -0.4 is 4.74 Å². The third kappa shape index (κ3) is 3.51. The predicted molar refractivity (Wildman–Crippen MR) is 82.5 cm³/mol. The Balaban J connectivity index is 1.71. The van der Waals surface area contributed by atoms with Gasteiger partial charge in [0.15, 0.2) is 0 Å². The second-order valence-electron chi connectivity index (χ2n) is 5.42. The number of hydrogen-bond acceptors (Lipinski definition) is 4. The van der Waals surface area contributed by atoms with Crippen molar-refractivity contribution in [3.8, 4) is 5.75 Å². The minimum absolute atomic E-state index is 0.0183. The zero-order chi connectivity index (χ0) is 16.2. The maximum absolute atomic E-state index is 12.2. The first-order valence-corrected chi connectivity index (χ1v) is 7.33. The van der Waals surface area contributed by atoms with Crippen LogP contribution in [0.4, 0.5) is 0 Å². The fourth-order valence-corrected chi connectivity index (χ4v) is 2.59. The van der Waals surface area contributed by atoms with E-state index in [-0.39, 0.29) is 18.9 Å². The second kappa shape index (κ2) is 6.52. The highest BCUT2D eigenvalue weighted by molar-refractivity contribution is 5.90. The Labute approximate surface area is 133 Å². The Bertz CT molecular complexity index is 723. The molecule has 0 bridgehead atoms. The van der Waals surface area contributed by atoms with Gasteiger partial charge < -0.3 is 14.6 Å². The molecule has 0 saturated carbocycles.